The minimum absolute atomic E-state index is 0.136. The van der Waals surface area contributed by atoms with E-state index in [1.807, 2.05) is 0 Å². The Balaban J connectivity index is 3.02. The molecule has 1 aromatic heterocycles. The maximum Gasteiger partial charge on any atom is 0.224 e. The van der Waals surface area contributed by atoms with Crippen LogP contribution < -0.4 is 0 Å². The van der Waals surface area contributed by atoms with Crippen LogP contribution in [-0.4, -0.2) is 18.0 Å². The van der Waals surface area contributed by atoms with Crippen LogP contribution in [0.15, 0.2) is 6.07 Å². The summed E-state index contributed by atoms with van der Waals surface area (Å²) in [5.74, 6) is 2.96. The van der Waals surface area contributed by atoms with E-state index in [0.717, 1.165) is 0 Å². The van der Waals surface area contributed by atoms with Crippen molar-refractivity contribution in [3.8, 4) is 11.5 Å². The number of rotatable bonds is 0. The molecule has 0 atom stereocenters. The molecule has 1 aromatic rings. The molecule has 5 heteroatoms. The largest absolute Gasteiger partial charge is 0.224 e. The Hall–Kier alpha value is -0.563. The highest BCUT2D eigenvalue weighted by molar-refractivity contribution is 6.83. The molecule has 0 saturated heterocycles. The minimum Gasteiger partial charge on any atom is -0.209 e. The molecule has 1 heterocycles. The third-order valence-corrected chi connectivity index (χ3v) is 2.47. The summed E-state index contributed by atoms with van der Waals surface area (Å²) in [5.41, 5.74) is 3.75. The van der Waals surface area contributed by atoms with E-state index in [9.17, 15) is 0 Å². The van der Waals surface area contributed by atoms with Crippen molar-refractivity contribution in [2.24, 2.45) is 0 Å². The first kappa shape index (κ1) is 11.5. The van der Waals surface area contributed by atoms with Gasteiger partial charge >= 0.3 is 0 Å². The van der Waals surface area contributed by atoms with Crippen LogP contribution in [0.3, 0.4) is 0 Å². The third kappa shape index (κ3) is 4.10. The molecule has 2 nitrogen and oxygen atoms in total. The zero-order chi connectivity index (χ0) is 10.8. The first-order valence-electron chi connectivity index (χ1n) is 4.10. The van der Waals surface area contributed by atoms with E-state index in [0.29, 0.717) is 10.8 Å². The second kappa shape index (κ2) is 4.31. The van der Waals surface area contributed by atoms with Crippen LogP contribution in [0.2, 0.25) is 30.1 Å². The quantitative estimate of drug-likeness (QED) is 0.304. The lowest BCUT2D eigenvalue weighted by molar-refractivity contribution is 1.15. The smallest absolute Gasteiger partial charge is 0.209 e. The molecule has 14 heavy (non-hydrogen) atoms. The van der Waals surface area contributed by atoms with Gasteiger partial charge in [-0.3, -0.25) is 0 Å². The molecule has 0 spiro atoms. The van der Waals surface area contributed by atoms with Gasteiger partial charge in [0.1, 0.15) is 18.9 Å². The van der Waals surface area contributed by atoms with Gasteiger partial charge in [0.05, 0.1) is 0 Å². The maximum absolute atomic E-state index is 5.71. The molecule has 0 aliphatic rings. The standard InChI is InChI=1S/C9H10Cl2N2Si/c1-14(2,3)5-4-7-6-8(10)13-9(11)12-7/h6H,1-3H3. The summed E-state index contributed by atoms with van der Waals surface area (Å²) in [6.45, 7) is 6.47. The Morgan fingerprint density at radius 1 is 1.21 bits per heavy atom. The van der Waals surface area contributed by atoms with Crippen LogP contribution in [-0.2, 0) is 0 Å². The molecule has 0 unspecified atom stereocenters. The van der Waals surface area contributed by atoms with Gasteiger partial charge in [0.2, 0.25) is 5.28 Å². The van der Waals surface area contributed by atoms with Crippen molar-refractivity contribution < 1.29 is 0 Å². The lowest BCUT2D eigenvalue weighted by atomic mass is 10.4. The molecule has 0 aliphatic heterocycles. The van der Waals surface area contributed by atoms with E-state index in [1.54, 1.807) is 6.07 Å². The summed E-state index contributed by atoms with van der Waals surface area (Å²) in [6.07, 6.45) is 0. The van der Waals surface area contributed by atoms with Crippen molar-refractivity contribution in [2.75, 3.05) is 0 Å². The first-order chi connectivity index (χ1) is 6.37. The predicted octanol–water partition coefficient (Wildman–Crippen LogP) is 3.01. The van der Waals surface area contributed by atoms with E-state index in [-0.39, 0.29) is 5.28 Å². The highest BCUT2D eigenvalue weighted by atomic mass is 35.5. The molecular formula is C9H10Cl2N2Si. The van der Waals surface area contributed by atoms with Gasteiger partial charge in [-0.25, -0.2) is 9.97 Å². The fourth-order valence-electron chi connectivity index (χ4n) is 0.705. The van der Waals surface area contributed by atoms with Gasteiger partial charge in [0.25, 0.3) is 0 Å². The summed E-state index contributed by atoms with van der Waals surface area (Å²) < 4.78 is 0. The molecule has 0 fully saturated rings. The molecule has 74 valence electrons. The molecule has 0 amide bonds. The fourth-order valence-corrected chi connectivity index (χ4v) is 1.62. The molecule has 0 aliphatic carbocycles. The summed E-state index contributed by atoms with van der Waals surface area (Å²) in [4.78, 5) is 7.70. The normalized spacial score (nSPS) is 10.6. The van der Waals surface area contributed by atoms with E-state index in [1.165, 1.54) is 0 Å². The van der Waals surface area contributed by atoms with Crippen molar-refractivity contribution in [3.63, 3.8) is 0 Å². The van der Waals surface area contributed by atoms with Gasteiger partial charge in [-0.1, -0.05) is 37.2 Å². The van der Waals surface area contributed by atoms with Crippen molar-refractivity contribution in [2.45, 2.75) is 19.6 Å². The maximum atomic E-state index is 5.71. The van der Waals surface area contributed by atoms with Crippen LogP contribution in [0.25, 0.3) is 0 Å². The Kier molecular flexibility index (Phi) is 3.54. The van der Waals surface area contributed by atoms with Crippen molar-refractivity contribution in [1.29, 1.82) is 0 Å². The number of nitrogens with zero attached hydrogens (tertiary/aromatic N) is 2. The van der Waals surface area contributed by atoms with Crippen LogP contribution in [0.1, 0.15) is 5.69 Å². The lowest BCUT2D eigenvalue weighted by Gasteiger charge is -2.03. The summed E-state index contributed by atoms with van der Waals surface area (Å²) in [5, 5.41) is 0.460. The SMILES string of the molecule is C[Si](C)(C)C#Cc1cc(Cl)nc(Cl)n1. The Bertz CT molecular complexity index is 381. The highest BCUT2D eigenvalue weighted by Crippen LogP contribution is 2.10. The Labute approximate surface area is 94.7 Å². The summed E-state index contributed by atoms with van der Waals surface area (Å²) in [6, 6.07) is 1.61. The second-order valence-electron chi connectivity index (χ2n) is 3.84. The first-order valence-corrected chi connectivity index (χ1v) is 8.36. The van der Waals surface area contributed by atoms with E-state index < -0.39 is 8.07 Å². The molecular weight excluding hydrogens is 235 g/mol. The zero-order valence-electron chi connectivity index (χ0n) is 8.23. The molecule has 0 bridgehead atoms. The molecule has 0 saturated carbocycles. The molecule has 0 aromatic carbocycles. The molecule has 0 N–H and O–H groups in total. The van der Waals surface area contributed by atoms with Gasteiger partial charge in [0, 0.05) is 6.07 Å². The number of hydrogen-bond donors (Lipinski definition) is 0. The van der Waals surface area contributed by atoms with Crippen LogP contribution in [0.5, 0.6) is 0 Å². The monoisotopic (exact) mass is 244 g/mol. The van der Waals surface area contributed by atoms with Crippen LogP contribution in [0, 0.1) is 11.5 Å². The third-order valence-electron chi connectivity index (χ3n) is 1.23. The highest BCUT2D eigenvalue weighted by Gasteiger charge is 2.07. The van der Waals surface area contributed by atoms with Crippen molar-refractivity contribution in [1.82, 2.24) is 9.97 Å². The van der Waals surface area contributed by atoms with Gasteiger partial charge in [0.15, 0.2) is 0 Å². The minimum atomic E-state index is -1.38. The average Bonchev–Trinajstić information content (AvgIpc) is 1.97. The summed E-state index contributed by atoms with van der Waals surface area (Å²) >= 11 is 11.3. The molecule has 0 radical (unpaired) electrons. The van der Waals surface area contributed by atoms with E-state index >= 15 is 0 Å². The van der Waals surface area contributed by atoms with Gasteiger partial charge in [-0.15, -0.1) is 5.54 Å². The summed E-state index contributed by atoms with van der Waals surface area (Å²) in [7, 11) is -1.38. The van der Waals surface area contributed by atoms with Gasteiger partial charge in [-0.2, -0.15) is 0 Å². The number of halogens is 2. The Morgan fingerprint density at radius 3 is 2.36 bits per heavy atom. The topological polar surface area (TPSA) is 25.8 Å². The van der Waals surface area contributed by atoms with Gasteiger partial charge in [-0.05, 0) is 11.6 Å². The predicted molar refractivity (Wildman–Crippen MR) is 62.3 cm³/mol. The van der Waals surface area contributed by atoms with Crippen molar-refractivity contribution >= 4 is 31.3 Å². The average molecular weight is 245 g/mol. The molecule has 1 rings (SSSR count). The number of aromatic nitrogens is 2. The second-order valence-corrected chi connectivity index (χ2v) is 9.32. The Morgan fingerprint density at radius 2 is 1.86 bits per heavy atom. The van der Waals surface area contributed by atoms with E-state index in [2.05, 4.69) is 41.1 Å². The lowest BCUT2D eigenvalue weighted by Crippen LogP contribution is -2.16. The van der Waals surface area contributed by atoms with E-state index in [4.69, 9.17) is 23.2 Å². The van der Waals surface area contributed by atoms with Gasteiger partial charge < -0.3 is 0 Å². The van der Waals surface area contributed by atoms with Crippen LogP contribution >= 0.6 is 23.2 Å². The number of hydrogen-bond acceptors (Lipinski definition) is 2. The van der Waals surface area contributed by atoms with Crippen LogP contribution in [0.4, 0.5) is 0 Å². The van der Waals surface area contributed by atoms with Crippen molar-refractivity contribution in [3.05, 3.63) is 22.2 Å². The fraction of sp³-hybridized carbons (Fsp3) is 0.333. The zero-order valence-corrected chi connectivity index (χ0v) is 10.7.